The molecular weight excluding hydrogens is 220 g/mol. The maximum Gasteiger partial charge on any atom is 0.324 e. The summed E-state index contributed by atoms with van der Waals surface area (Å²) in [5.41, 5.74) is 0.654. The Kier molecular flexibility index (Phi) is 3.25. The molecule has 2 aromatic rings. The third-order valence-corrected chi connectivity index (χ3v) is 2.08. The summed E-state index contributed by atoms with van der Waals surface area (Å²) in [5, 5.41) is 11.6. The molecule has 0 aliphatic carbocycles. The summed E-state index contributed by atoms with van der Waals surface area (Å²) in [4.78, 5) is 11.6. The number of H-pyrrole nitrogens is 1. The van der Waals surface area contributed by atoms with E-state index in [0.717, 1.165) is 0 Å². The van der Waals surface area contributed by atoms with E-state index in [1.807, 2.05) is 0 Å². The Hall–Kier alpha value is -2.50. The van der Waals surface area contributed by atoms with Gasteiger partial charge in [-0.3, -0.25) is 10.4 Å². The highest BCUT2D eigenvalue weighted by Gasteiger charge is 2.03. The van der Waals surface area contributed by atoms with E-state index in [1.165, 1.54) is 0 Å². The van der Waals surface area contributed by atoms with Gasteiger partial charge in [0, 0.05) is 17.8 Å². The van der Waals surface area contributed by atoms with Crippen molar-refractivity contribution in [2.45, 2.75) is 0 Å². The molecule has 1 aromatic carbocycles. The third-order valence-electron chi connectivity index (χ3n) is 2.08. The van der Waals surface area contributed by atoms with E-state index in [2.05, 4.69) is 20.8 Å². The first-order valence-electron chi connectivity index (χ1n) is 4.99. The fourth-order valence-electron chi connectivity index (χ4n) is 1.31. The van der Waals surface area contributed by atoms with Crippen LogP contribution in [0.15, 0.2) is 36.5 Å². The zero-order valence-corrected chi connectivity index (χ0v) is 9.23. The molecular formula is C11H12N4O2. The number of methoxy groups -OCH3 is 1. The van der Waals surface area contributed by atoms with Crippen molar-refractivity contribution in [3.8, 4) is 5.75 Å². The standard InChI is InChI=1S/C11H12N4O2/c1-17-9-4-2-3-8(7-9)13-11(16)14-10-5-6-12-15-10/h2-7H,1H3,(H3,12,13,14,15,16). The number of urea groups is 1. The molecule has 0 aliphatic rings. The Morgan fingerprint density at radius 2 is 2.24 bits per heavy atom. The van der Waals surface area contributed by atoms with Crippen LogP contribution in [0.3, 0.4) is 0 Å². The molecule has 0 saturated carbocycles. The van der Waals surface area contributed by atoms with Gasteiger partial charge < -0.3 is 10.1 Å². The number of benzene rings is 1. The number of aromatic nitrogens is 2. The highest BCUT2D eigenvalue weighted by atomic mass is 16.5. The lowest BCUT2D eigenvalue weighted by atomic mass is 10.3. The molecule has 2 amide bonds. The zero-order valence-electron chi connectivity index (χ0n) is 9.23. The highest BCUT2D eigenvalue weighted by Crippen LogP contribution is 2.16. The average molecular weight is 232 g/mol. The van der Waals surface area contributed by atoms with E-state index in [9.17, 15) is 4.79 Å². The topological polar surface area (TPSA) is 79.0 Å². The van der Waals surface area contributed by atoms with Gasteiger partial charge in [0.1, 0.15) is 11.6 Å². The summed E-state index contributed by atoms with van der Waals surface area (Å²) in [6.07, 6.45) is 1.56. The minimum Gasteiger partial charge on any atom is -0.497 e. The molecule has 2 rings (SSSR count). The van der Waals surface area contributed by atoms with E-state index in [1.54, 1.807) is 43.6 Å². The van der Waals surface area contributed by atoms with Crippen molar-refractivity contribution in [2.75, 3.05) is 17.7 Å². The first-order valence-corrected chi connectivity index (χ1v) is 4.99. The fourth-order valence-corrected chi connectivity index (χ4v) is 1.31. The van der Waals surface area contributed by atoms with Gasteiger partial charge in [-0.1, -0.05) is 6.07 Å². The van der Waals surface area contributed by atoms with E-state index in [-0.39, 0.29) is 6.03 Å². The van der Waals surface area contributed by atoms with E-state index >= 15 is 0 Å². The van der Waals surface area contributed by atoms with Gasteiger partial charge in [0.05, 0.1) is 13.3 Å². The number of nitrogens with one attached hydrogen (secondary N) is 3. The summed E-state index contributed by atoms with van der Waals surface area (Å²) < 4.78 is 5.05. The first kappa shape index (κ1) is 11.0. The molecule has 0 saturated heterocycles. The summed E-state index contributed by atoms with van der Waals surface area (Å²) in [6, 6.07) is 8.41. The Morgan fingerprint density at radius 1 is 1.35 bits per heavy atom. The second-order valence-electron chi connectivity index (χ2n) is 3.28. The lowest BCUT2D eigenvalue weighted by Crippen LogP contribution is -2.19. The van der Waals surface area contributed by atoms with Gasteiger partial charge in [-0.05, 0) is 12.1 Å². The van der Waals surface area contributed by atoms with Gasteiger partial charge in [-0.2, -0.15) is 5.10 Å². The van der Waals surface area contributed by atoms with Crippen LogP contribution in [-0.2, 0) is 0 Å². The summed E-state index contributed by atoms with van der Waals surface area (Å²) >= 11 is 0. The van der Waals surface area contributed by atoms with Gasteiger partial charge in [0.2, 0.25) is 0 Å². The Labute approximate surface area is 98.0 Å². The molecule has 0 aliphatic heterocycles. The number of hydrogen-bond donors (Lipinski definition) is 3. The molecule has 0 spiro atoms. The molecule has 0 atom stereocenters. The lowest BCUT2D eigenvalue weighted by molar-refractivity contribution is 0.262. The van der Waals surface area contributed by atoms with E-state index < -0.39 is 0 Å². The van der Waals surface area contributed by atoms with Gasteiger partial charge >= 0.3 is 6.03 Å². The Balaban J connectivity index is 1.98. The smallest absolute Gasteiger partial charge is 0.324 e. The predicted molar refractivity (Wildman–Crippen MR) is 64.2 cm³/mol. The third kappa shape index (κ3) is 2.97. The summed E-state index contributed by atoms with van der Waals surface area (Å²) in [6.45, 7) is 0. The number of ether oxygens (including phenoxy) is 1. The molecule has 0 fully saturated rings. The number of aromatic amines is 1. The van der Waals surface area contributed by atoms with Crippen LogP contribution in [0.4, 0.5) is 16.3 Å². The number of nitrogens with zero attached hydrogens (tertiary/aromatic N) is 1. The molecule has 0 radical (unpaired) electrons. The van der Waals surface area contributed by atoms with Crippen molar-refractivity contribution >= 4 is 17.5 Å². The number of rotatable bonds is 3. The van der Waals surface area contributed by atoms with Crippen molar-refractivity contribution in [3.05, 3.63) is 36.5 Å². The first-order chi connectivity index (χ1) is 8.28. The van der Waals surface area contributed by atoms with Crippen LogP contribution in [0.25, 0.3) is 0 Å². The Morgan fingerprint density at radius 3 is 2.94 bits per heavy atom. The van der Waals surface area contributed by atoms with E-state index in [0.29, 0.717) is 17.3 Å². The van der Waals surface area contributed by atoms with E-state index in [4.69, 9.17) is 4.74 Å². The Bertz CT molecular complexity index is 496. The van der Waals surface area contributed by atoms with Crippen LogP contribution in [-0.4, -0.2) is 23.3 Å². The molecule has 17 heavy (non-hydrogen) atoms. The van der Waals surface area contributed by atoms with Crippen molar-refractivity contribution in [3.63, 3.8) is 0 Å². The quantitative estimate of drug-likeness (QED) is 0.757. The molecule has 88 valence electrons. The van der Waals surface area contributed by atoms with Crippen molar-refractivity contribution in [2.24, 2.45) is 0 Å². The second-order valence-corrected chi connectivity index (χ2v) is 3.28. The second kappa shape index (κ2) is 5.02. The van der Waals surface area contributed by atoms with Crippen LogP contribution < -0.4 is 15.4 Å². The lowest BCUT2D eigenvalue weighted by Gasteiger charge is -2.07. The van der Waals surface area contributed by atoms with Crippen LogP contribution in [0.1, 0.15) is 0 Å². The van der Waals surface area contributed by atoms with Gasteiger partial charge in [-0.15, -0.1) is 0 Å². The van der Waals surface area contributed by atoms with Crippen molar-refractivity contribution < 1.29 is 9.53 Å². The van der Waals surface area contributed by atoms with Gasteiger partial charge in [-0.25, -0.2) is 4.79 Å². The molecule has 0 unspecified atom stereocenters. The predicted octanol–water partition coefficient (Wildman–Crippen LogP) is 2.06. The number of hydrogen-bond acceptors (Lipinski definition) is 3. The molecule has 1 aromatic heterocycles. The monoisotopic (exact) mass is 232 g/mol. The normalized spacial score (nSPS) is 9.71. The minimum absolute atomic E-state index is 0.345. The van der Waals surface area contributed by atoms with Crippen LogP contribution in [0.2, 0.25) is 0 Å². The van der Waals surface area contributed by atoms with Gasteiger partial charge in [0.25, 0.3) is 0 Å². The van der Waals surface area contributed by atoms with Crippen LogP contribution in [0.5, 0.6) is 5.75 Å². The largest absolute Gasteiger partial charge is 0.497 e. The molecule has 3 N–H and O–H groups in total. The highest BCUT2D eigenvalue weighted by molar-refractivity contribution is 5.99. The SMILES string of the molecule is COc1cccc(NC(=O)Nc2ccn[nH]2)c1. The van der Waals surface area contributed by atoms with Crippen molar-refractivity contribution in [1.82, 2.24) is 10.2 Å². The molecule has 6 nitrogen and oxygen atoms in total. The summed E-state index contributed by atoms with van der Waals surface area (Å²) in [7, 11) is 1.57. The molecule has 6 heteroatoms. The van der Waals surface area contributed by atoms with Gasteiger partial charge in [0.15, 0.2) is 0 Å². The molecule has 1 heterocycles. The van der Waals surface area contributed by atoms with Crippen LogP contribution in [0, 0.1) is 0 Å². The number of carbonyl (C=O) groups excluding carboxylic acids is 1. The average Bonchev–Trinajstić information content (AvgIpc) is 2.82. The maximum absolute atomic E-state index is 11.6. The fraction of sp³-hybridized carbons (Fsp3) is 0.0909. The number of anilines is 2. The van der Waals surface area contributed by atoms with Crippen molar-refractivity contribution in [1.29, 1.82) is 0 Å². The summed E-state index contributed by atoms with van der Waals surface area (Å²) in [5.74, 6) is 1.22. The van der Waals surface area contributed by atoms with Crippen LogP contribution >= 0.6 is 0 Å². The number of carbonyl (C=O) groups is 1. The number of amides is 2. The zero-order chi connectivity index (χ0) is 12.1. The minimum atomic E-state index is -0.345. The molecule has 0 bridgehead atoms. The maximum atomic E-state index is 11.6.